The van der Waals surface area contributed by atoms with Crippen LogP contribution in [0.15, 0.2) is 6.20 Å². The van der Waals surface area contributed by atoms with Crippen molar-refractivity contribution in [1.82, 2.24) is 19.5 Å². The van der Waals surface area contributed by atoms with Gasteiger partial charge < -0.3 is 16.4 Å². The molecule has 0 unspecified atom stereocenters. The summed E-state index contributed by atoms with van der Waals surface area (Å²) in [6.07, 6.45) is 1.95. The van der Waals surface area contributed by atoms with E-state index in [1.54, 1.807) is 4.68 Å². The minimum absolute atomic E-state index is 0.0465. The van der Waals surface area contributed by atoms with Gasteiger partial charge in [0.15, 0.2) is 5.82 Å². The fourth-order valence-electron chi connectivity index (χ4n) is 1.97. The number of amides is 1. The molecule has 0 bridgehead atoms. The third-order valence-corrected chi connectivity index (χ3v) is 3.74. The van der Waals surface area contributed by atoms with Gasteiger partial charge in [-0.2, -0.15) is 9.47 Å². The fourth-order valence-corrected chi connectivity index (χ4v) is 2.68. The van der Waals surface area contributed by atoms with Crippen LogP contribution in [0.5, 0.6) is 0 Å². The first kappa shape index (κ1) is 15.3. The summed E-state index contributed by atoms with van der Waals surface area (Å²) >= 11 is 1.19. The highest BCUT2D eigenvalue weighted by atomic mass is 32.1. The summed E-state index contributed by atoms with van der Waals surface area (Å²) in [5.74, 6) is 0.0465. The van der Waals surface area contributed by atoms with E-state index in [-0.39, 0.29) is 17.8 Å². The highest BCUT2D eigenvalue weighted by Gasteiger charge is 2.20. The van der Waals surface area contributed by atoms with Crippen LogP contribution in [0.3, 0.4) is 0 Å². The van der Waals surface area contributed by atoms with E-state index in [0.29, 0.717) is 17.1 Å². The second kappa shape index (κ2) is 6.13. The molecule has 2 heterocycles. The van der Waals surface area contributed by atoms with Crippen LogP contribution in [0.2, 0.25) is 0 Å². The Bertz CT molecular complexity index is 645. The highest BCUT2D eigenvalue weighted by molar-refractivity contribution is 7.11. The number of aromatic nitrogens is 3. The molecule has 2 aromatic rings. The molecule has 8 heteroatoms. The third kappa shape index (κ3) is 3.52. The minimum atomic E-state index is -0.207. The van der Waals surface area contributed by atoms with Crippen LogP contribution in [-0.2, 0) is 13.6 Å². The van der Waals surface area contributed by atoms with Crippen molar-refractivity contribution in [2.75, 3.05) is 11.1 Å². The van der Waals surface area contributed by atoms with Crippen LogP contribution in [0.4, 0.5) is 10.8 Å². The lowest BCUT2D eigenvalue weighted by molar-refractivity contribution is 0.0945. The monoisotopic (exact) mass is 308 g/mol. The van der Waals surface area contributed by atoms with Gasteiger partial charge in [0.1, 0.15) is 10.6 Å². The zero-order valence-corrected chi connectivity index (χ0v) is 13.4. The highest BCUT2D eigenvalue weighted by Crippen LogP contribution is 2.27. The first-order chi connectivity index (χ1) is 9.88. The SMILES string of the molecule is Cc1nn(C)cc1CNc1snc(N)c1C(=O)NC(C)C. The van der Waals surface area contributed by atoms with E-state index in [1.807, 2.05) is 34.0 Å². The van der Waals surface area contributed by atoms with Gasteiger partial charge in [-0.25, -0.2) is 0 Å². The fraction of sp³-hybridized carbons (Fsp3) is 0.462. The number of anilines is 2. The Labute approximate surface area is 127 Å². The molecule has 0 fully saturated rings. The Hall–Kier alpha value is -2.09. The third-order valence-electron chi connectivity index (χ3n) is 2.92. The number of nitrogens with one attached hydrogen (secondary N) is 2. The van der Waals surface area contributed by atoms with Crippen molar-refractivity contribution in [2.24, 2.45) is 7.05 Å². The Morgan fingerprint density at radius 1 is 1.52 bits per heavy atom. The van der Waals surface area contributed by atoms with Crippen molar-refractivity contribution in [3.8, 4) is 0 Å². The lowest BCUT2D eigenvalue weighted by atomic mass is 10.2. The van der Waals surface area contributed by atoms with Gasteiger partial charge in [0.25, 0.3) is 5.91 Å². The van der Waals surface area contributed by atoms with Gasteiger partial charge in [-0.15, -0.1) is 0 Å². The van der Waals surface area contributed by atoms with Crippen LogP contribution < -0.4 is 16.4 Å². The number of nitrogens with two attached hydrogens (primary N) is 1. The molecule has 21 heavy (non-hydrogen) atoms. The number of aryl methyl sites for hydroxylation is 2. The summed E-state index contributed by atoms with van der Waals surface area (Å²) in [7, 11) is 1.88. The molecule has 2 rings (SSSR count). The predicted octanol–water partition coefficient (Wildman–Crippen LogP) is 1.52. The van der Waals surface area contributed by atoms with Crippen molar-refractivity contribution < 1.29 is 4.79 Å². The summed E-state index contributed by atoms with van der Waals surface area (Å²) in [6, 6.07) is 0.0465. The summed E-state index contributed by atoms with van der Waals surface area (Å²) < 4.78 is 5.82. The first-order valence-electron chi connectivity index (χ1n) is 6.67. The van der Waals surface area contributed by atoms with Gasteiger partial charge in [-0.05, 0) is 32.3 Å². The van der Waals surface area contributed by atoms with Gasteiger partial charge in [-0.1, -0.05) is 0 Å². The van der Waals surface area contributed by atoms with E-state index >= 15 is 0 Å². The summed E-state index contributed by atoms with van der Waals surface area (Å²) in [4.78, 5) is 12.2. The molecule has 0 saturated heterocycles. The summed E-state index contributed by atoms with van der Waals surface area (Å²) in [5, 5.41) is 11.0. The molecule has 0 spiro atoms. The van der Waals surface area contributed by atoms with Crippen molar-refractivity contribution in [3.05, 3.63) is 23.0 Å². The quantitative estimate of drug-likeness (QED) is 0.778. The largest absolute Gasteiger partial charge is 0.382 e. The van der Waals surface area contributed by atoms with E-state index in [0.717, 1.165) is 11.3 Å². The molecule has 0 aliphatic carbocycles. The van der Waals surface area contributed by atoms with Crippen LogP contribution in [0.1, 0.15) is 35.5 Å². The molecule has 0 aliphatic heterocycles. The molecule has 0 saturated carbocycles. The molecule has 2 aromatic heterocycles. The molecule has 0 radical (unpaired) electrons. The standard InChI is InChI=1S/C13H20N6OS/c1-7(2)16-12(20)10-11(14)18-21-13(10)15-5-9-6-19(4)17-8(9)3/h6-7,15H,5H2,1-4H3,(H2,14,18)(H,16,20). The lowest BCUT2D eigenvalue weighted by Crippen LogP contribution is -2.30. The van der Waals surface area contributed by atoms with Crippen molar-refractivity contribution >= 4 is 28.3 Å². The zero-order valence-electron chi connectivity index (χ0n) is 12.6. The maximum atomic E-state index is 12.2. The lowest BCUT2D eigenvalue weighted by Gasteiger charge is -2.10. The second-order valence-electron chi connectivity index (χ2n) is 5.17. The molecule has 7 nitrogen and oxygen atoms in total. The molecule has 0 atom stereocenters. The maximum absolute atomic E-state index is 12.2. The molecule has 0 aromatic carbocycles. The smallest absolute Gasteiger partial charge is 0.258 e. The molecule has 1 amide bonds. The van der Waals surface area contributed by atoms with Gasteiger partial charge in [-0.3, -0.25) is 9.48 Å². The maximum Gasteiger partial charge on any atom is 0.258 e. The topological polar surface area (TPSA) is 97.9 Å². The van der Waals surface area contributed by atoms with Crippen LogP contribution in [0.25, 0.3) is 0 Å². The predicted molar refractivity (Wildman–Crippen MR) is 84.4 cm³/mol. The van der Waals surface area contributed by atoms with Crippen LogP contribution in [-0.4, -0.2) is 26.1 Å². The van der Waals surface area contributed by atoms with Crippen LogP contribution in [0, 0.1) is 6.92 Å². The molecular formula is C13H20N6OS. The molecular weight excluding hydrogens is 288 g/mol. The van der Waals surface area contributed by atoms with Gasteiger partial charge in [0.05, 0.1) is 5.69 Å². The van der Waals surface area contributed by atoms with Crippen LogP contribution >= 0.6 is 11.5 Å². The number of rotatable bonds is 5. The zero-order chi connectivity index (χ0) is 15.6. The number of nitrogens with zero attached hydrogens (tertiary/aromatic N) is 3. The van der Waals surface area contributed by atoms with E-state index in [1.165, 1.54) is 11.5 Å². The van der Waals surface area contributed by atoms with Crippen molar-refractivity contribution in [1.29, 1.82) is 0 Å². The number of carbonyl (C=O) groups is 1. The van der Waals surface area contributed by atoms with Gasteiger partial charge >= 0.3 is 0 Å². The van der Waals surface area contributed by atoms with E-state index in [4.69, 9.17) is 5.73 Å². The van der Waals surface area contributed by atoms with Gasteiger partial charge in [0, 0.05) is 31.4 Å². The minimum Gasteiger partial charge on any atom is -0.382 e. The number of hydrogen-bond donors (Lipinski definition) is 3. The molecule has 0 aliphatic rings. The van der Waals surface area contributed by atoms with E-state index in [9.17, 15) is 4.79 Å². The Morgan fingerprint density at radius 3 is 2.81 bits per heavy atom. The Morgan fingerprint density at radius 2 is 2.24 bits per heavy atom. The average molecular weight is 308 g/mol. The van der Waals surface area contributed by atoms with Crippen molar-refractivity contribution in [3.63, 3.8) is 0 Å². The normalized spacial score (nSPS) is 10.9. The number of nitrogen functional groups attached to an aromatic ring is 1. The Balaban J connectivity index is 2.14. The van der Waals surface area contributed by atoms with E-state index in [2.05, 4.69) is 20.1 Å². The Kier molecular flexibility index (Phi) is 4.46. The average Bonchev–Trinajstić information content (AvgIpc) is 2.88. The number of hydrogen-bond acceptors (Lipinski definition) is 6. The first-order valence-corrected chi connectivity index (χ1v) is 7.44. The second-order valence-corrected chi connectivity index (χ2v) is 5.94. The summed E-state index contributed by atoms with van der Waals surface area (Å²) in [5.41, 5.74) is 8.24. The number of carbonyl (C=O) groups excluding carboxylic acids is 1. The van der Waals surface area contributed by atoms with Gasteiger partial charge in [0.2, 0.25) is 0 Å². The summed E-state index contributed by atoms with van der Waals surface area (Å²) in [6.45, 7) is 6.33. The van der Waals surface area contributed by atoms with Crippen molar-refractivity contribution in [2.45, 2.75) is 33.4 Å². The molecule has 114 valence electrons. The van der Waals surface area contributed by atoms with E-state index < -0.39 is 0 Å². The molecule has 4 N–H and O–H groups in total.